The molecular formula is C18H16FN3O3S. The van der Waals surface area contributed by atoms with Gasteiger partial charge in [-0.05, 0) is 23.8 Å². The van der Waals surface area contributed by atoms with E-state index in [9.17, 15) is 14.0 Å². The number of nitrogens with two attached hydrogens (primary N) is 1. The number of esters is 1. The third-order valence-electron chi connectivity index (χ3n) is 3.53. The van der Waals surface area contributed by atoms with Crippen LogP contribution in [0.15, 0.2) is 48.5 Å². The van der Waals surface area contributed by atoms with Gasteiger partial charge in [0.05, 0.1) is 16.6 Å². The smallest absolute Gasteiger partial charge is 0.323 e. The number of anilines is 1. The highest BCUT2D eigenvalue weighted by Crippen LogP contribution is 2.26. The highest BCUT2D eigenvalue weighted by molar-refractivity contribution is 7.22. The van der Waals surface area contributed by atoms with Crippen molar-refractivity contribution in [3.63, 3.8) is 0 Å². The van der Waals surface area contributed by atoms with Gasteiger partial charge in [-0.3, -0.25) is 9.59 Å². The average Bonchev–Trinajstić information content (AvgIpc) is 3.01. The Morgan fingerprint density at radius 1 is 1.23 bits per heavy atom. The van der Waals surface area contributed by atoms with E-state index in [4.69, 9.17) is 10.5 Å². The van der Waals surface area contributed by atoms with E-state index in [-0.39, 0.29) is 18.8 Å². The van der Waals surface area contributed by atoms with Crippen LogP contribution in [-0.4, -0.2) is 22.9 Å². The number of hydrogen-bond donors (Lipinski definition) is 2. The summed E-state index contributed by atoms with van der Waals surface area (Å²) in [7, 11) is 0. The molecule has 0 spiro atoms. The summed E-state index contributed by atoms with van der Waals surface area (Å²) in [6.45, 7) is 0.0957. The summed E-state index contributed by atoms with van der Waals surface area (Å²) >= 11 is 1.14. The zero-order chi connectivity index (χ0) is 18.5. The second kappa shape index (κ2) is 8.03. The van der Waals surface area contributed by atoms with Gasteiger partial charge in [-0.2, -0.15) is 0 Å². The SMILES string of the molecule is N[C@@H](CC(=O)Nc1nc2ccc(F)cc2s1)C(=O)OCc1ccccc1. The first-order valence-electron chi connectivity index (χ1n) is 7.83. The Morgan fingerprint density at radius 3 is 2.77 bits per heavy atom. The van der Waals surface area contributed by atoms with Gasteiger partial charge in [0.1, 0.15) is 18.5 Å². The van der Waals surface area contributed by atoms with E-state index in [0.717, 1.165) is 16.9 Å². The maximum absolute atomic E-state index is 13.2. The second-order valence-electron chi connectivity index (χ2n) is 5.58. The molecule has 1 atom stereocenters. The molecule has 3 aromatic rings. The van der Waals surface area contributed by atoms with Crippen LogP contribution in [0.2, 0.25) is 0 Å². The molecule has 26 heavy (non-hydrogen) atoms. The van der Waals surface area contributed by atoms with Crippen molar-refractivity contribution in [3.8, 4) is 0 Å². The molecule has 0 radical (unpaired) electrons. The van der Waals surface area contributed by atoms with Crippen LogP contribution in [-0.2, 0) is 20.9 Å². The molecule has 0 aliphatic carbocycles. The van der Waals surface area contributed by atoms with Crippen molar-refractivity contribution in [1.82, 2.24) is 4.98 Å². The summed E-state index contributed by atoms with van der Waals surface area (Å²) < 4.78 is 18.9. The molecule has 0 aliphatic rings. The number of nitrogens with one attached hydrogen (secondary N) is 1. The second-order valence-corrected chi connectivity index (χ2v) is 6.61. The minimum absolute atomic E-state index is 0.0957. The van der Waals surface area contributed by atoms with Gasteiger partial charge in [0.25, 0.3) is 0 Å². The number of thiazole rings is 1. The van der Waals surface area contributed by atoms with Gasteiger partial charge in [-0.25, -0.2) is 9.37 Å². The molecule has 6 nitrogen and oxygen atoms in total. The summed E-state index contributed by atoms with van der Waals surface area (Å²) in [5.74, 6) is -1.49. The predicted octanol–water partition coefficient (Wildman–Crippen LogP) is 2.83. The van der Waals surface area contributed by atoms with E-state index in [0.29, 0.717) is 15.3 Å². The van der Waals surface area contributed by atoms with E-state index < -0.39 is 17.9 Å². The van der Waals surface area contributed by atoms with Crippen LogP contribution < -0.4 is 11.1 Å². The number of amides is 1. The number of hydrogen-bond acceptors (Lipinski definition) is 6. The molecule has 8 heteroatoms. The fourth-order valence-corrected chi connectivity index (χ4v) is 3.15. The van der Waals surface area contributed by atoms with Crippen LogP contribution in [0.3, 0.4) is 0 Å². The summed E-state index contributed by atoms with van der Waals surface area (Å²) in [6.07, 6.45) is -0.238. The van der Waals surface area contributed by atoms with E-state index >= 15 is 0 Å². The Hall–Kier alpha value is -2.84. The zero-order valence-electron chi connectivity index (χ0n) is 13.6. The number of benzene rings is 2. The first kappa shape index (κ1) is 18.0. The lowest BCUT2D eigenvalue weighted by molar-refractivity contribution is -0.147. The first-order chi connectivity index (χ1) is 12.5. The molecule has 0 aliphatic heterocycles. The van der Waals surface area contributed by atoms with E-state index in [1.807, 2.05) is 30.3 Å². The zero-order valence-corrected chi connectivity index (χ0v) is 14.5. The fourth-order valence-electron chi connectivity index (χ4n) is 2.24. The summed E-state index contributed by atoms with van der Waals surface area (Å²) in [5, 5.41) is 2.89. The Morgan fingerprint density at radius 2 is 2.00 bits per heavy atom. The van der Waals surface area contributed by atoms with Gasteiger partial charge in [-0.15, -0.1) is 0 Å². The molecule has 0 bridgehead atoms. The number of carbonyl (C=O) groups excluding carboxylic acids is 2. The fraction of sp³-hybridized carbons (Fsp3) is 0.167. The lowest BCUT2D eigenvalue weighted by Gasteiger charge is -2.11. The van der Waals surface area contributed by atoms with Crippen molar-refractivity contribution in [3.05, 3.63) is 59.9 Å². The summed E-state index contributed by atoms with van der Waals surface area (Å²) in [6, 6.07) is 12.3. The van der Waals surface area contributed by atoms with Gasteiger partial charge >= 0.3 is 5.97 Å². The van der Waals surface area contributed by atoms with Crippen molar-refractivity contribution < 1.29 is 18.7 Å². The molecule has 0 saturated carbocycles. The average molecular weight is 373 g/mol. The lowest BCUT2D eigenvalue weighted by Crippen LogP contribution is -2.36. The molecule has 3 rings (SSSR count). The Balaban J connectivity index is 1.52. The van der Waals surface area contributed by atoms with Gasteiger partial charge in [0, 0.05) is 0 Å². The highest BCUT2D eigenvalue weighted by Gasteiger charge is 2.20. The van der Waals surface area contributed by atoms with Crippen molar-refractivity contribution in [1.29, 1.82) is 0 Å². The molecule has 3 N–H and O–H groups in total. The van der Waals surface area contributed by atoms with Crippen molar-refractivity contribution in [2.24, 2.45) is 5.73 Å². The third-order valence-corrected chi connectivity index (χ3v) is 4.46. The predicted molar refractivity (Wildman–Crippen MR) is 97.0 cm³/mol. The summed E-state index contributed by atoms with van der Waals surface area (Å²) in [5.41, 5.74) is 7.14. The number of halogens is 1. The van der Waals surface area contributed by atoms with Crippen molar-refractivity contribution in [2.75, 3.05) is 5.32 Å². The van der Waals surface area contributed by atoms with Crippen LogP contribution in [0, 0.1) is 5.82 Å². The number of carbonyl (C=O) groups is 2. The molecular weight excluding hydrogens is 357 g/mol. The first-order valence-corrected chi connectivity index (χ1v) is 8.65. The van der Waals surface area contributed by atoms with Crippen LogP contribution in [0.25, 0.3) is 10.2 Å². The van der Waals surface area contributed by atoms with Crippen LogP contribution in [0.4, 0.5) is 9.52 Å². The van der Waals surface area contributed by atoms with Gasteiger partial charge in [0.15, 0.2) is 5.13 Å². The maximum atomic E-state index is 13.2. The van der Waals surface area contributed by atoms with Crippen molar-refractivity contribution in [2.45, 2.75) is 19.1 Å². The van der Waals surface area contributed by atoms with Gasteiger partial charge in [0.2, 0.25) is 5.91 Å². The van der Waals surface area contributed by atoms with Gasteiger partial charge < -0.3 is 15.8 Å². The molecule has 0 saturated heterocycles. The van der Waals surface area contributed by atoms with Crippen LogP contribution in [0.5, 0.6) is 0 Å². The standard InChI is InChI=1S/C18H16FN3O3S/c19-12-6-7-14-15(8-12)26-18(21-14)22-16(23)9-13(20)17(24)25-10-11-4-2-1-3-5-11/h1-8,13H,9-10,20H2,(H,21,22,23)/t13-/m0/s1. The molecule has 2 aromatic carbocycles. The topological polar surface area (TPSA) is 94.3 Å². The molecule has 134 valence electrons. The number of nitrogens with zero attached hydrogens (tertiary/aromatic N) is 1. The molecule has 1 heterocycles. The molecule has 0 fully saturated rings. The van der Waals surface area contributed by atoms with Crippen LogP contribution >= 0.6 is 11.3 Å². The minimum atomic E-state index is -1.08. The molecule has 0 unspecified atom stereocenters. The molecule has 1 amide bonds. The number of ether oxygens (including phenoxy) is 1. The number of aromatic nitrogens is 1. The number of rotatable bonds is 6. The van der Waals surface area contributed by atoms with E-state index in [1.54, 1.807) is 0 Å². The monoisotopic (exact) mass is 373 g/mol. The van der Waals surface area contributed by atoms with Gasteiger partial charge in [-0.1, -0.05) is 41.7 Å². The maximum Gasteiger partial charge on any atom is 0.323 e. The van der Waals surface area contributed by atoms with E-state index in [2.05, 4.69) is 10.3 Å². The van der Waals surface area contributed by atoms with Crippen molar-refractivity contribution >= 4 is 38.6 Å². The Kier molecular flexibility index (Phi) is 5.55. The highest BCUT2D eigenvalue weighted by atomic mass is 32.1. The normalized spacial score (nSPS) is 11.9. The Bertz CT molecular complexity index is 930. The number of fused-ring (bicyclic) bond motifs is 1. The lowest BCUT2D eigenvalue weighted by atomic mass is 10.2. The Labute approximate surface area is 152 Å². The largest absolute Gasteiger partial charge is 0.460 e. The van der Waals surface area contributed by atoms with E-state index in [1.165, 1.54) is 18.2 Å². The minimum Gasteiger partial charge on any atom is -0.460 e. The summed E-state index contributed by atoms with van der Waals surface area (Å²) in [4.78, 5) is 28.1. The van der Waals surface area contributed by atoms with Crippen LogP contribution in [0.1, 0.15) is 12.0 Å². The third kappa shape index (κ3) is 4.62. The molecule has 1 aromatic heterocycles. The quantitative estimate of drug-likeness (QED) is 0.648.